The lowest BCUT2D eigenvalue weighted by atomic mass is 9.96. The molecule has 23 atom stereocenters. The van der Waals surface area contributed by atoms with E-state index in [-0.39, 0.29) is 25.7 Å². The fourth-order valence-electron chi connectivity index (χ4n) is 13.9. The number of hydrogen-bond acceptors (Lipinski definition) is 26. The van der Waals surface area contributed by atoms with Gasteiger partial charge in [-0.05, 0) is 67.9 Å². The summed E-state index contributed by atoms with van der Waals surface area (Å²) in [6.45, 7) is 17.8. The van der Waals surface area contributed by atoms with Gasteiger partial charge in [0.25, 0.3) is 0 Å². The molecule has 18 amide bonds. The Labute approximate surface area is 761 Å². The SMILES string of the molecule is CC[C@H](C)[C@@H]1NC(=O)[C@H](C(C)C)NC(=O)[C@H]2NC(=O)CNC(=O)[C@@H]3CS[C@@H](C)[C@H](NC(=O)[C@@H]4CSC[C@H](N)C(=O)N[C@@H](CO)C(=O)NCC(=O)N[C@@H](Cc5c[nH]c6ccccc56)C(=O)N[C@@H](C(C)C)C(=O)N4)C(=O)N[C@@H](CC(C)C)C(=O)N[C@H](C(=O)N[C@@H]([C@@H](C)CC)C(=O)N[C@@H](CCC(=O)O)C(=O)N3)[C@H](C)SC[C@H](NC1=O)C(=O)N[C@@H](C)C(=O)N[C@H](C(=O)O)CS(=O)[C@H]2C. The number of benzene rings is 1. The summed E-state index contributed by atoms with van der Waals surface area (Å²) in [5.41, 5.74) is 7.53. The van der Waals surface area contributed by atoms with Gasteiger partial charge >= 0.3 is 11.9 Å². The fraction of sp³-hybridized carbons (Fsp3) is 0.654. The lowest BCUT2D eigenvalue weighted by Crippen LogP contribution is -2.63. The molecule has 6 rings (SSSR count). The minimum absolute atomic E-state index is 0.0970. The number of aromatic nitrogens is 1. The molecule has 716 valence electrons. The largest absolute Gasteiger partial charge is 0.481 e. The Kier molecular flexibility index (Phi) is 41.9. The van der Waals surface area contributed by atoms with Crippen molar-refractivity contribution in [1.82, 2.24) is 101 Å². The number of aliphatic hydroxyl groups excluding tert-OH is 1. The van der Waals surface area contributed by atoms with Crippen LogP contribution in [0.1, 0.15) is 135 Å². The molecule has 4 bridgehead atoms. The number of H-pyrrole nitrogens is 1. The van der Waals surface area contributed by atoms with E-state index < -0.39 is 338 Å². The molecule has 4 aliphatic heterocycles. The number of rotatable bonds is 17. The van der Waals surface area contributed by atoms with E-state index in [9.17, 15) is 72.3 Å². The second-order valence-electron chi connectivity index (χ2n) is 33.6. The molecule has 4 saturated heterocycles. The Hall–Kier alpha value is -10.7. The Morgan fingerprint density at radius 2 is 1.00 bits per heavy atom. The van der Waals surface area contributed by atoms with Crippen LogP contribution in [-0.4, -0.2) is 310 Å². The number of thioether (sulfide) groups is 3. The highest BCUT2D eigenvalue weighted by Gasteiger charge is 2.45. The molecule has 129 heavy (non-hydrogen) atoms. The number of aliphatic hydroxyl groups is 1. The molecular formula is C81H124N20O24S4. The van der Waals surface area contributed by atoms with Crippen molar-refractivity contribution in [2.45, 2.75) is 254 Å². The van der Waals surface area contributed by atoms with E-state index >= 15 is 43.2 Å². The van der Waals surface area contributed by atoms with Gasteiger partial charge in [0.05, 0.1) is 36.7 Å². The minimum Gasteiger partial charge on any atom is -0.481 e. The number of fused-ring (bicyclic) bond motifs is 19. The van der Waals surface area contributed by atoms with Crippen molar-refractivity contribution in [3.05, 3.63) is 36.0 Å². The summed E-state index contributed by atoms with van der Waals surface area (Å²) in [6, 6.07) is -23.2. The quantitative estimate of drug-likeness (QED) is 0.0655. The number of carbonyl (C=O) groups excluding carboxylic acids is 18. The third-order valence-corrected chi connectivity index (χ3v) is 27.8. The number of carboxylic acids is 2. The van der Waals surface area contributed by atoms with Crippen LogP contribution in [-0.2, 0) is 113 Å². The third kappa shape index (κ3) is 31.5. The first kappa shape index (κ1) is 107. The van der Waals surface area contributed by atoms with Crippen LogP contribution in [0.5, 0.6) is 0 Å². The van der Waals surface area contributed by atoms with E-state index in [4.69, 9.17) is 5.73 Å². The Morgan fingerprint density at radius 1 is 0.496 bits per heavy atom. The molecule has 2 aromatic rings. The van der Waals surface area contributed by atoms with E-state index in [2.05, 4.69) is 101 Å². The van der Waals surface area contributed by atoms with Crippen molar-refractivity contribution in [2.24, 2.45) is 35.3 Å². The van der Waals surface area contributed by atoms with Gasteiger partial charge in [0.1, 0.15) is 96.7 Å². The summed E-state index contributed by atoms with van der Waals surface area (Å²) in [7, 11) is -2.60. The van der Waals surface area contributed by atoms with Gasteiger partial charge < -0.3 is 122 Å². The Bertz CT molecular complexity index is 4470. The maximum Gasteiger partial charge on any atom is 0.327 e. The number of para-hydroxylation sites is 1. The van der Waals surface area contributed by atoms with Crippen LogP contribution < -0.4 is 101 Å². The van der Waals surface area contributed by atoms with Crippen molar-refractivity contribution in [3.63, 3.8) is 0 Å². The number of nitrogens with one attached hydrogen (secondary N) is 19. The molecule has 44 nitrogen and oxygen atoms in total. The highest BCUT2D eigenvalue weighted by molar-refractivity contribution is 8.00. The predicted octanol–water partition coefficient (Wildman–Crippen LogP) is -6.39. The number of carboxylic acid groups (broad SMARTS) is 2. The smallest absolute Gasteiger partial charge is 0.327 e. The highest BCUT2D eigenvalue weighted by Crippen LogP contribution is 2.25. The second kappa shape index (κ2) is 50.5. The highest BCUT2D eigenvalue weighted by atomic mass is 32.2. The van der Waals surface area contributed by atoms with E-state index in [1.54, 1.807) is 65.1 Å². The van der Waals surface area contributed by atoms with E-state index in [1.807, 2.05) is 0 Å². The molecule has 1 unspecified atom stereocenters. The number of carbonyl (C=O) groups is 20. The molecule has 5 heterocycles. The number of aromatic amines is 1. The zero-order valence-corrected chi connectivity index (χ0v) is 77.6. The predicted molar refractivity (Wildman–Crippen MR) is 476 cm³/mol. The van der Waals surface area contributed by atoms with Gasteiger partial charge in [0, 0.05) is 74.3 Å². The molecule has 0 radical (unpaired) electrons. The first-order valence-electron chi connectivity index (χ1n) is 42.6. The molecule has 4 fully saturated rings. The molecular weight excluding hydrogens is 1770 g/mol. The van der Waals surface area contributed by atoms with Gasteiger partial charge in [-0.1, -0.05) is 114 Å². The lowest BCUT2D eigenvalue weighted by Gasteiger charge is -2.32. The monoisotopic (exact) mass is 1890 g/mol. The molecule has 0 aliphatic carbocycles. The third-order valence-electron chi connectivity index (χ3n) is 22.3. The molecule has 0 saturated carbocycles. The van der Waals surface area contributed by atoms with Crippen molar-refractivity contribution >= 4 is 175 Å². The summed E-state index contributed by atoms with van der Waals surface area (Å²) < 4.78 is 14.6. The second-order valence-corrected chi connectivity index (χ2v) is 39.3. The van der Waals surface area contributed by atoms with Crippen molar-refractivity contribution in [2.75, 3.05) is 48.5 Å². The summed E-state index contributed by atoms with van der Waals surface area (Å²) in [6.07, 6.45) is -0.198. The van der Waals surface area contributed by atoms with E-state index in [0.717, 1.165) is 25.6 Å². The van der Waals surface area contributed by atoms with Gasteiger partial charge in [-0.3, -0.25) is 95.3 Å². The van der Waals surface area contributed by atoms with Crippen LogP contribution >= 0.6 is 35.3 Å². The number of nitrogens with two attached hydrogens (primary N) is 1. The number of amides is 18. The van der Waals surface area contributed by atoms with Gasteiger partial charge in [-0.2, -0.15) is 35.3 Å². The first-order chi connectivity index (χ1) is 60.7. The molecule has 4 aliphatic rings. The van der Waals surface area contributed by atoms with Crippen LogP contribution in [0.15, 0.2) is 30.5 Å². The van der Waals surface area contributed by atoms with Gasteiger partial charge in [0.2, 0.25) is 106 Å². The first-order valence-corrected chi connectivity index (χ1v) is 47.3. The maximum atomic E-state index is 15.9. The Balaban J connectivity index is 1.62. The molecule has 1 aromatic heterocycles. The summed E-state index contributed by atoms with van der Waals surface area (Å²) >= 11 is 2.12. The topological polar surface area (TPSA) is 678 Å². The maximum absolute atomic E-state index is 15.9. The van der Waals surface area contributed by atoms with Crippen LogP contribution in [0.4, 0.5) is 0 Å². The summed E-state index contributed by atoms with van der Waals surface area (Å²) in [4.78, 5) is 296. The van der Waals surface area contributed by atoms with Crippen molar-refractivity contribution < 1.29 is 115 Å². The zero-order valence-electron chi connectivity index (χ0n) is 74.3. The average Bonchev–Trinajstić information content (AvgIpc) is 1.73. The molecule has 48 heteroatoms. The standard InChI is InChI=1S/C81H124N20O24S4/c1-15-37(9)60-76(118)88-47(21-22-57(105)106)69(111)91-52-31-127-40(12)62(101-73(115)51-30-126-29-45(82)66(108)90-50(28-102)67(109)84-26-55(103)87-49(71(113)96-58(35(5)6)74(116)92-51)24-43-25-83-46-20-18-17-19-44(43)46)78(120)89-48(23-34(3)4)70(112)100-63(79(121)99-60)41(13)128-32-53-72(114)86-39(11)65(107)94-54(81(123)124)33-129(125)42(14)64(95-56(104)27-85-68(52)110)80(122)97-59(36(7)8)75(117)98-61(38(10)16-2)77(119)93-53/h17-20,25,34-42,45,47-54,58-64,83,102H,15-16,21-24,26-33,82H2,1-14H3,(H,84,109)(H,85,110)(H,86,114)(H,87,103)(H,88,118)(H,89,120)(H,90,108)(H,91,111)(H,92,116)(H,93,119)(H,94,107)(H,95,104)(H,96,113)(H,97,122)(H,98,117)(H,99,121)(H,100,112)(H,101,115)(H,105,106)(H,123,124)/t37-,38-,39-,40-,41-,42-,45-,47-,48-,49-,50-,51-,52-,53-,54-,58-,59-,60-,61-,62-,63-,64-,129?/m0/s1. The molecule has 1 aromatic carbocycles. The lowest BCUT2D eigenvalue weighted by molar-refractivity contribution is -0.141. The molecule has 24 N–H and O–H groups in total. The van der Waals surface area contributed by atoms with E-state index in [0.29, 0.717) is 40.0 Å². The van der Waals surface area contributed by atoms with Crippen LogP contribution in [0, 0.1) is 29.6 Å². The van der Waals surface area contributed by atoms with Crippen LogP contribution in [0.25, 0.3) is 10.9 Å². The zero-order chi connectivity index (χ0) is 96.3. The van der Waals surface area contributed by atoms with Crippen molar-refractivity contribution in [3.8, 4) is 0 Å². The van der Waals surface area contributed by atoms with Crippen LogP contribution in [0.3, 0.4) is 0 Å². The van der Waals surface area contributed by atoms with Gasteiger partial charge in [-0.25, -0.2) is 4.79 Å². The van der Waals surface area contributed by atoms with Gasteiger partial charge in [0.15, 0.2) is 0 Å². The molecule has 0 spiro atoms. The fourth-order valence-corrected chi connectivity index (χ4v) is 18.5. The normalized spacial score (nSPS) is 30.4. The minimum atomic E-state index is -2.60. The van der Waals surface area contributed by atoms with E-state index in [1.165, 1.54) is 48.5 Å². The van der Waals surface area contributed by atoms with Gasteiger partial charge in [-0.15, -0.1) is 0 Å². The van der Waals surface area contributed by atoms with Crippen LogP contribution in [0.2, 0.25) is 0 Å². The number of aliphatic carboxylic acids is 2. The summed E-state index contributed by atoms with van der Waals surface area (Å²) in [5.74, 6) is -30.7. The van der Waals surface area contributed by atoms with Crippen molar-refractivity contribution in [1.29, 1.82) is 0 Å². The average molecular weight is 1890 g/mol. The summed E-state index contributed by atoms with van der Waals surface area (Å²) in [5, 5.41) is 72.5. The Morgan fingerprint density at radius 3 is 1.60 bits per heavy atom. The number of hydrogen-bond donors (Lipinski definition) is 23.